The molecule has 30 heavy (non-hydrogen) atoms. The first-order valence-corrected chi connectivity index (χ1v) is 10.9. The zero-order valence-corrected chi connectivity index (χ0v) is 18.1. The summed E-state index contributed by atoms with van der Waals surface area (Å²) in [5, 5.41) is 6.33. The Bertz CT molecular complexity index is 1120. The summed E-state index contributed by atoms with van der Waals surface area (Å²) in [6.45, 7) is 7.06. The van der Waals surface area contributed by atoms with Crippen molar-refractivity contribution in [3.8, 4) is 5.69 Å². The molecule has 0 N–H and O–H groups in total. The van der Waals surface area contributed by atoms with Gasteiger partial charge in [-0.3, -0.25) is 4.79 Å². The lowest BCUT2D eigenvalue weighted by Gasteiger charge is -2.23. The lowest BCUT2D eigenvalue weighted by Crippen LogP contribution is -2.36. The molecule has 3 aromatic rings. The summed E-state index contributed by atoms with van der Waals surface area (Å²) < 4.78 is 1.81. The standard InChI is InChI=1S/C22H25ClN6O/c1-14-19-20(27-10-5-11-28(13-12-27)22(30)16-8-9-16)24-15(2)25-21(19)29(26-14)18-7-4-3-6-17(18)23/h3-4,6-7,16H,5,8-13H2,1-2H3. The lowest BCUT2D eigenvalue weighted by atomic mass is 10.2. The molecule has 2 aromatic heterocycles. The number of fused-ring (bicyclic) bond motifs is 1. The molecule has 1 saturated carbocycles. The highest BCUT2D eigenvalue weighted by molar-refractivity contribution is 6.32. The summed E-state index contributed by atoms with van der Waals surface area (Å²) in [4.78, 5) is 26.3. The summed E-state index contributed by atoms with van der Waals surface area (Å²) in [6, 6.07) is 7.65. The maximum Gasteiger partial charge on any atom is 0.225 e. The van der Waals surface area contributed by atoms with Crippen LogP contribution in [-0.2, 0) is 4.79 Å². The minimum absolute atomic E-state index is 0.264. The molecule has 0 radical (unpaired) electrons. The van der Waals surface area contributed by atoms with Gasteiger partial charge in [0.25, 0.3) is 0 Å². The van der Waals surface area contributed by atoms with E-state index in [1.54, 1.807) is 0 Å². The van der Waals surface area contributed by atoms with Crippen LogP contribution in [0.25, 0.3) is 16.7 Å². The van der Waals surface area contributed by atoms with E-state index in [4.69, 9.17) is 26.7 Å². The van der Waals surface area contributed by atoms with Gasteiger partial charge in [-0.15, -0.1) is 0 Å². The van der Waals surface area contributed by atoms with Crippen molar-refractivity contribution in [2.24, 2.45) is 5.92 Å². The molecule has 1 amide bonds. The summed E-state index contributed by atoms with van der Waals surface area (Å²) in [7, 11) is 0. The van der Waals surface area contributed by atoms with Gasteiger partial charge >= 0.3 is 0 Å². The van der Waals surface area contributed by atoms with Crippen LogP contribution in [0.2, 0.25) is 5.02 Å². The first-order valence-electron chi connectivity index (χ1n) is 10.6. The summed E-state index contributed by atoms with van der Waals surface area (Å²) >= 11 is 6.44. The number of hydrogen-bond donors (Lipinski definition) is 0. The fourth-order valence-corrected chi connectivity index (χ4v) is 4.44. The average Bonchev–Trinajstić information content (AvgIpc) is 3.55. The highest BCUT2D eigenvalue weighted by Crippen LogP contribution is 2.33. The fraction of sp³-hybridized carbons (Fsp3) is 0.455. The SMILES string of the molecule is Cc1nc(N2CCCN(C(=O)C3CC3)CC2)c2c(C)nn(-c3ccccc3Cl)c2n1. The molecule has 1 aromatic carbocycles. The first-order chi connectivity index (χ1) is 14.5. The molecule has 0 atom stereocenters. The Hall–Kier alpha value is -2.67. The van der Waals surface area contributed by atoms with Crippen molar-refractivity contribution in [1.82, 2.24) is 24.6 Å². The van der Waals surface area contributed by atoms with Gasteiger partial charge in [0.05, 0.1) is 21.8 Å². The zero-order chi connectivity index (χ0) is 20.8. The monoisotopic (exact) mass is 424 g/mol. The molecule has 156 valence electrons. The molecule has 8 heteroatoms. The molecule has 3 heterocycles. The molecule has 0 unspecified atom stereocenters. The second kappa shape index (κ2) is 7.54. The topological polar surface area (TPSA) is 67.2 Å². The molecular formula is C22H25ClN6O. The predicted octanol–water partition coefficient (Wildman–Crippen LogP) is 3.53. The van der Waals surface area contributed by atoms with Crippen LogP contribution in [0.15, 0.2) is 24.3 Å². The Morgan fingerprint density at radius 2 is 1.87 bits per heavy atom. The number of halogens is 1. The Labute approximate surface area is 180 Å². The zero-order valence-electron chi connectivity index (χ0n) is 17.3. The van der Waals surface area contributed by atoms with Gasteiger partial charge in [-0.05, 0) is 45.2 Å². The van der Waals surface area contributed by atoms with E-state index < -0.39 is 0 Å². The van der Waals surface area contributed by atoms with E-state index in [0.717, 1.165) is 73.7 Å². The Kier molecular flexibility index (Phi) is 4.85. The first kappa shape index (κ1) is 19.3. The van der Waals surface area contributed by atoms with Crippen LogP contribution in [0, 0.1) is 19.8 Å². The number of anilines is 1. The number of aromatic nitrogens is 4. The second-order valence-electron chi connectivity index (χ2n) is 8.18. The van der Waals surface area contributed by atoms with Crippen molar-refractivity contribution in [3.05, 3.63) is 40.8 Å². The number of hydrogen-bond acceptors (Lipinski definition) is 5. The molecule has 2 aliphatic rings. The van der Waals surface area contributed by atoms with E-state index in [1.165, 1.54) is 0 Å². The second-order valence-corrected chi connectivity index (χ2v) is 8.59. The number of carbonyl (C=O) groups excluding carboxylic acids is 1. The summed E-state index contributed by atoms with van der Waals surface area (Å²) in [6.07, 6.45) is 3.02. The highest BCUT2D eigenvalue weighted by atomic mass is 35.5. The number of para-hydroxylation sites is 1. The van der Waals surface area contributed by atoms with Crippen LogP contribution in [0.4, 0.5) is 5.82 Å². The van der Waals surface area contributed by atoms with Crippen molar-refractivity contribution >= 4 is 34.4 Å². The largest absolute Gasteiger partial charge is 0.354 e. The predicted molar refractivity (Wildman–Crippen MR) is 117 cm³/mol. The number of aryl methyl sites for hydroxylation is 2. The lowest BCUT2D eigenvalue weighted by molar-refractivity contribution is -0.132. The van der Waals surface area contributed by atoms with Gasteiger partial charge in [0.1, 0.15) is 11.6 Å². The third kappa shape index (κ3) is 3.41. The van der Waals surface area contributed by atoms with Gasteiger partial charge < -0.3 is 9.80 Å². The molecule has 1 aliphatic heterocycles. The van der Waals surface area contributed by atoms with Crippen LogP contribution >= 0.6 is 11.6 Å². The minimum atomic E-state index is 0.264. The van der Waals surface area contributed by atoms with Crippen molar-refractivity contribution in [3.63, 3.8) is 0 Å². The van der Waals surface area contributed by atoms with Gasteiger partial charge in [-0.25, -0.2) is 14.6 Å². The summed E-state index contributed by atoms with van der Waals surface area (Å²) in [5.41, 5.74) is 2.44. The quantitative estimate of drug-likeness (QED) is 0.643. The number of nitrogens with zero attached hydrogens (tertiary/aromatic N) is 6. The highest BCUT2D eigenvalue weighted by Gasteiger charge is 2.34. The molecule has 1 aliphatic carbocycles. The molecule has 2 fully saturated rings. The summed E-state index contributed by atoms with van der Waals surface area (Å²) in [5.74, 6) is 2.18. The van der Waals surface area contributed by atoms with E-state index in [0.29, 0.717) is 16.8 Å². The van der Waals surface area contributed by atoms with Gasteiger partial charge in [-0.1, -0.05) is 23.7 Å². The van der Waals surface area contributed by atoms with Crippen LogP contribution in [0.3, 0.4) is 0 Å². The minimum Gasteiger partial charge on any atom is -0.354 e. The average molecular weight is 425 g/mol. The van der Waals surface area contributed by atoms with E-state index in [9.17, 15) is 4.79 Å². The van der Waals surface area contributed by atoms with Crippen molar-refractivity contribution < 1.29 is 4.79 Å². The molecule has 7 nitrogen and oxygen atoms in total. The van der Waals surface area contributed by atoms with Crippen LogP contribution in [0.1, 0.15) is 30.8 Å². The number of amides is 1. The normalized spacial score (nSPS) is 17.4. The van der Waals surface area contributed by atoms with Crippen molar-refractivity contribution in [2.75, 3.05) is 31.1 Å². The van der Waals surface area contributed by atoms with Gasteiger partial charge in [0, 0.05) is 32.1 Å². The van der Waals surface area contributed by atoms with E-state index in [2.05, 4.69) is 4.90 Å². The van der Waals surface area contributed by atoms with E-state index in [-0.39, 0.29) is 5.92 Å². The molecule has 1 saturated heterocycles. The fourth-order valence-electron chi connectivity index (χ4n) is 4.23. The Balaban J connectivity index is 1.53. The Morgan fingerprint density at radius 1 is 1.07 bits per heavy atom. The molecular weight excluding hydrogens is 400 g/mol. The van der Waals surface area contributed by atoms with Gasteiger partial charge in [0.2, 0.25) is 5.91 Å². The Morgan fingerprint density at radius 3 is 2.63 bits per heavy atom. The van der Waals surface area contributed by atoms with Crippen LogP contribution < -0.4 is 4.90 Å². The molecule has 0 spiro atoms. The van der Waals surface area contributed by atoms with Crippen LogP contribution in [0.5, 0.6) is 0 Å². The number of carbonyl (C=O) groups is 1. The number of rotatable bonds is 3. The van der Waals surface area contributed by atoms with Crippen molar-refractivity contribution in [1.29, 1.82) is 0 Å². The van der Waals surface area contributed by atoms with Gasteiger partial charge in [-0.2, -0.15) is 5.10 Å². The third-order valence-corrected chi connectivity index (χ3v) is 6.23. The van der Waals surface area contributed by atoms with E-state index >= 15 is 0 Å². The van der Waals surface area contributed by atoms with Crippen molar-refractivity contribution in [2.45, 2.75) is 33.1 Å². The third-order valence-electron chi connectivity index (χ3n) is 5.91. The smallest absolute Gasteiger partial charge is 0.225 e. The number of benzene rings is 1. The maximum atomic E-state index is 12.5. The van der Waals surface area contributed by atoms with Gasteiger partial charge in [0.15, 0.2) is 5.65 Å². The molecule has 5 rings (SSSR count). The van der Waals surface area contributed by atoms with Crippen LogP contribution in [-0.4, -0.2) is 56.7 Å². The molecule has 0 bridgehead atoms. The van der Waals surface area contributed by atoms with E-state index in [1.807, 2.05) is 47.7 Å². The maximum absolute atomic E-state index is 12.5.